The van der Waals surface area contributed by atoms with Crippen LogP contribution in [0.5, 0.6) is 0 Å². The molecule has 1 saturated heterocycles. The fourth-order valence-electron chi connectivity index (χ4n) is 3.51. The van der Waals surface area contributed by atoms with Crippen LogP contribution in [0.25, 0.3) is 0 Å². The Balaban J connectivity index is 0.00000841. The van der Waals surface area contributed by atoms with E-state index in [-0.39, 0.29) is 35.8 Å². The van der Waals surface area contributed by atoms with Crippen molar-refractivity contribution in [3.8, 4) is 0 Å². The van der Waals surface area contributed by atoms with Crippen LogP contribution in [0.2, 0.25) is 0 Å². The number of halogens is 1. The van der Waals surface area contributed by atoms with Crippen LogP contribution >= 0.6 is 24.0 Å². The van der Waals surface area contributed by atoms with Crippen LogP contribution in [-0.2, 0) is 9.59 Å². The first kappa shape index (κ1) is 28.9. The summed E-state index contributed by atoms with van der Waals surface area (Å²) in [4.78, 5) is 34.8. The molecule has 0 aromatic heterocycles. The summed E-state index contributed by atoms with van der Waals surface area (Å²) in [5.41, 5.74) is 0. The van der Waals surface area contributed by atoms with Crippen molar-refractivity contribution in [2.24, 2.45) is 10.9 Å². The highest BCUT2D eigenvalue weighted by Gasteiger charge is 2.23. The molecular formula is C22H44IN5O2. The third-order valence-corrected chi connectivity index (χ3v) is 5.34. The van der Waals surface area contributed by atoms with Gasteiger partial charge in [0.25, 0.3) is 0 Å². The number of guanidine groups is 1. The number of carbonyl (C=O) groups is 2. The third-order valence-electron chi connectivity index (χ3n) is 5.34. The zero-order valence-corrected chi connectivity index (χ0v) is 22.1. The molecule has 1 aliphatic heterocycles. The molecule has 0 atom stereocenters. The summed E-state index contributed by atoms with van der Waals surface area (Å²) in [6.45, 7) is 10.9. The summed E-state index contributed by atoms with van der Waals surface area (Å²) in [5, 5.41) is 3.40. The Morgan fingerprint density at radius 2 is 1.60 bits per heavy atom. The predicted octanol–water partition coefficient (Wildman–Crippen LogP) is 3.19. The van der Waals surface area contributed by atoms with Crippen molar-refractivity contribution >= 4 is 41.8 Å². The molecule has 0 aromatic rings. The molecule has 0 aliphatic carbocycles. The predicted molar refractivity (Wildman–Crippen MR) is 135 cm³/mol. The monoisotopic (exact) mass is 537 g/mol. The van der Waals surface area contributed by atoms with Crippen LogP contribution in [0.3, 0.4) is 0 Å². The number of piperazine rings is 1. The van der Waals surface area contributed by atoms with Gasteiger partial charge in [0.15, 0.2) is 5.96 Å². The van der Waals surface area contributed by atoms with E-state index in [1.165, 1.54) is 12.8 Å². The number of nitrogens with zero attached hydrogens (tertiary/aromatic N) is 4. The second-order valence-electron chi connectivity index (χ2n) is 8.42. The number of carbonyl (C=O) groups excluding carboxylic acids is 2. The number of hydrogen-bond donors (Lipinski definition) is 1. The number of nitrogens with one attached hydrogen (secondary N) is 1. The van der Waals surface area contributed by atoms with E-state index in [1.54, 1.807) is 0 Å². The van der Waals surface area contributed by atoms with Crippen LogP contribution < -0.4 is 5.32 Å². The second kappa shape index (κ2) is 16.6. The van der Waals surface area contributed by atoms with Gasteiger partial charge in [-0.3, -0.25) is 14.6 Å². The number of hydrogen-bond acceptors (Lipinski definition) is 3. The minimum Gasteiger partial charge on any atom is -0.356 e. The number of amides is 2. The normalized spacial score (nSPS) is 14.5. The standard InChI is InChI=1S/C22H43N5O2.HI/c1-6-7-13-25(5)22(23-4)24-12-10-8-9-11-20(28)26-14-16-27(17-15-26)21(29)18-19(2)3;/h19H,6-18H2,1-5H3,(H,23,24);1H. The topological polar surface area (TPSA) is 68.2 Å². The minimum absolute atomic E-state index is 0. The molecule has 1 N–H and O–H groups in total. The van der Waals surface area contributed by atoms with Gasteiger partial charge < -0.3 is 20.0 Å². The van der Waals surface area contributed by atoms with Crippen LogP contribution in [0.4, 0.5) is 0 Å². The quantitative estimate of drug-likeness (QED) is 0.190. The first-order valence-electron chi connectivity index (χ1n) is 11.4. The number of unbranched alkanes of at least 4 members (excludes halogenated alkanes) is 3. The lowest BCUT2D eigenvalue weighted by Gasteiger charge is -2.35. The van der Waals surface area contributed by atoms with Crippen LogP contribution in [0.1, 0.15) is 65.7 Å². The van der Waals surface area contributed by atoms with Crippen molar-refractivity contribution < 1.29 is 9.59 Å². The molecule has 1 aliphatic rings. The van der Waals surface area contributed by atoms with Gasteiger partial charge in [-0.15, -0.1) is 24.0 Å². The van der Waals surface area contributed by atoms with E-state index in [0.717, 1.165) is 38.3 Å². The van der Waals surface area contributed by atoms with Crippen molar-refractivity contribution in [2.75, 3.05) is 53.4 Å². The highest BCUT2D eigenvalue weighted by molar-refractivity contribution is 14.0. The van der Waals surface area contributed by atoms with Crippen molar-refractivity contribution in [1.82, 2.24) is 20.0 Å². The maximum absolute atomic E-state index is 12.4. The third kappa shape index (κ3) is 11.4. The molecular weight excluding hydrogens is 493 g/mol. The van der Waals surface area contributed by atoms with Crippen LogP contribution in [0, 0.1) is 5.92 Å². The number of aliphatic imine (C=N–C) groups is 1. The van der Waals surface area contributed by atoms with Crippen molar-refractivity contribution in [1.29, 1.82) is 0 Å². The van der Waals surface area contributed by atoms with E-state index >= 15 is 0 Å². The summed E-state index contributed by atoms with van der Waals surface area (Å²) in [7, 11) is 3.89. The lowest BCUT2D eigenvalue weighted by atomic mass is 10.1. The zero-order valence-electron chi connectivity index (χ0n) is 19.8. The molecule has 176 valence electrons. The fourth-order valence-corrected chi connectivity index (χ4v) is 3.51. The van der Waals surface area contributed by atoms with Crippen molar-refractivity contribution in [3.05, 3.63) is 0 Å². The lowest BCUT2D eigenvalue weighted by Crippen LogP contribution is -2.50. The van der Waals surface area contributed by atoms with Gasteiger partial charge in [0, 0.05) is 66.2 Å². The molecule has 0 radical (unpaired) electrons. The van der Waals surface area contributed by atoms with Gasteiger partial charge in [-0.2, -0.15) is 0 Å². The van der Waals surface area contributed by atoms with Gasteiger partial charge in [-0.1, -0.05) is 33.6 Å². The Morgan fingerprint density at radius 1 is 1.00 bits per heavy atom. The molecule has 8 heteroatoms. The Bertz CT molecular complexity index is 520. The molecule has 1 fully saturated rings. The Hall–Kier alpha value is -1.06. The second-order valence-corrected chi connectivity index (χ2v) is 8.42. The first-order chi connectivity index (χ1) is 13.9. The Kier molecular flexibility index (Phi) is 16.0. The summed E-state index contributed by atoms with van der Waals surface area (Å²) in [5.74, 6) is 1.77. The van der Waals surface area contributed by atoms with E-state index < -0.39 is 0 Å². The van der Waals surface area contributed by atoms with E-state index in [0.29, 0.717) is 44.9 Å². The average molecular weight is 538 g/mol. The molecule has 0 unspecified atom stereocenters. The van der Waals surface area contributed by atoms with E-state index in [2.05, 4.69) is 43.0 Å². The van der Waals surface area contributed by atoms with Gasteiger partial charge in [0.05, 0.1) is 0 Å². The summed E-state index contributed by atoms with van der Waals surface area (Å²) < 4.78 is 0. The molecule has 0 spiro atoms. The molecule has 2 amide bonds. The summed E-state index contributed by atoms with van der Waals surface area (Å²) >= 11 is 0. The average Bonchev–Trinajstić information content (AvgIpc) is 2.70. The van der Waals surface area contributed by atoms with Crippen molar-refractivity contribution in [2.45, 2.75) is 65.7 Å². The van der Waals surface area contributed by atoms with E-state index in [4.69, 9.17) is 0 Å². The van der Waals surface area contributed by atoms with Gasteiger partial charge in [-0.05, 0) is 25.2 Å². The van der Waals surface area contributed by atoms with Crippen molar-refractivity contribution in [3.63, 3.8) is 0 Å². The Morgan fingerprint density at radius 3 is 2.13 bits per heavy atom. The van der Waals surface area contributed by atoms with Gasteiger partial charge in [0.1, 0.15) is 0 Å². The molecule has 0 bridgehead atoms. The van der Waals surface area contributed by atoms with Crippen LogP contribution in [-0.4, -0.2) is 85.8 Å². The first-order valence-corrected chi connectivity index (χ1v) is 11.4. The molecule has 1 heterocycles. The SMILES string of the molecule is CCCCN(C)C(=NC)NCCCCCC(=O)N1CCN(C(=O)CC(C)C)CC1.I. The highest BCUT2D eigenvalue weighted by atomic mass is 127. The van der Waals surface area contributed by atoms with Gasteiger partial charge in [-0.25, -0.2) is 0 Å². The van der Waals surface area contributed by atoms with E-state index in [1.807, 2.05) is 16.8 Å². The lowest BCUT2D eigenvalue weighted by molar-refractivity contribution is -0.140. The molecule has 0 saturated carbocycles. The highest BCUT2D eigenvalue weighted by Crippen LogP contribution is 2.10. The smallest absolute Gasteiger partial charge is 0.222 e. The molecule has 0 aromatic carbocycles. The largest absolute Gasteiger partial charge is 0.356 e. The maximum Gasteiger partial charge on any atom is 0.222 e. The maximum atomic E-state index is 12.4. The number of rotatable bonds is 11. The van der Waals surface area contributed by atoms with Crippen LogP contribution in [0.15, 0.2) is 4.99 Å². The fraction of sp³-hybridized carbons (Fsp3) is 0.864. The van der Waals surface area contributed by atoms with E-state index in [9.17, 15) is 9.59 Å². The summed E-state index contributed by atoms with van der Waals surface area (Å²) in [6, 6.07) is 0. The zero-order chi connectivity index (χ0) is 21.6. The van der Waals surface area contributed by atoms with Gasteiger partial charge >= 0.3 is 0 Å². The Labute approximate surface area is 201 Å². The molecule has 30 heavy (non-hydrogen) atoms. The minimum atomic E-state index is 0. The van der Waals surface area contributed by atoms with Gasteiger partial charge in [0.2, 0.25) is 11.8 Å². The summed E-state index contributed by atoms with van der Waals surface area (Å²) in [6.07, 6.45) is 6.52. The molecule has 7 nitrogen and oxygen atoms in total. The molecule has 1 rings (SSSR count).